The number of carbonyl (C=O) groups excluding carboxylic acids is 2. The number of aryl methyl sites for hydroxylation is 2. The summed E-state index contributed by atoms with van der Waals surface area (Å²) in [6.45, 7) is 23.0. The summed E-state index contributed by atoms with van der Waals surface area (Å²) in [5.74, 6) is 0.977. The van der Waals surface area contributed by atoms with Gasteiger partial charge in [-0.15, -0.1) is 0 Å². The molecule has 1 aliphatic rings. The number of carbonyl (C=O) groups is 2. The molecular weight excluding hydrogens is 508 g/mol. The minimum atomic E-state index is 0.0214. The molecule has 1 aromatic carbocycles. The predicted octanol–water partition coefficient (Wildman–Crippen LogP) is 9.40. The normalized spacial score (nSPS) is 12.0. The summed E-state index contributed by atoms with van der Waals surface area (Å²) < 4.78 is 0. The molecule has 0 spiro atoms. The minimum Gasteiger partial charge on any atom is -0.327 e. The Kier molecular flexibility index (Phi) is 17.9. The SMILES string of the molecule is CC(=O)C1=CN1c1cc(NC=O)cnc1C.CCC.CCCCCC(C)CC.Cc1cc(C#N)cc(C(C)(C)C)c1. The molecule has 1 atom stereocenters. The highest BCUT2D eigenvalue weighted by Crippen LogP contribution is 2.33. The summed E-state index contributed by atoms with van der Waals surface area (Å²) in [6, 6.07) is 9.98. The van der Waals surface area contributed by atoms with E-state index in [1.54, 1.807) is 23.4 Å². The lowest BCUT2D eigenvalue weighted by molar-refractivity contribution is -0.113. The number of nitriles is 1. The molecule has 0 radical (unpaired) electrons. The standard InChI is InChI=1S/C12H15N.C11H11N3O2.C9H20.C3H8/c1-9-5-10(8-13)7-11(6-9)12(2,3)4;1-7-10(14-5-11(14)8(2)16)3-9(4-12-7)13-6-15;1-4-6-7-8-9(3)5-2;1-3-2/h5-7H,1-4H3;3-6H,1-2H3,(H,13,15);9H,4-8H2,1-3H3;3H2,1-2H3. The van der Waals surface area contributed by atoms with Gasteiger partial charge in [-0.1, -0.05) is 100.0 Å². The summed E-state index contributed by atoms with van der Waals surface area (Å²) in [6.07, 6.45) is 12.2. The Balaban J connectivity index is 0.000000579. The average molecular weight is 563 g/mol. The lowest BCUT2D eigenvalue weighted by Gasteiger charge is -2.19. The Hall–Kier alpha value is -3.46. The molecule has 2 heterocycles. The predicted molar refractivity (Wildman–Crippen MR) is 174 cm³/mol. The summed E-state index contributed by atoms with van der Waals surface area (Å²) in [5, 5.41) is 11.3. The van der Waals surface area contributed by atoms with Gasteiger partial charge in [0.2, 0.25) is 6.41 Å². The lowest BCUT2D eigenvalue weighted by Crippen LogP contribution is -2.11. The molecule has 1 unspecified atom stereocenters. The van der Waals surface area contributed by atoms with Crippen LogP contribution >= 0.6 is 0 Å². The number of nitrogens with zero attached hydrogens (tertiary/aromatic N) is 3. The second-order valence-corrected chi connectivity index (χ2v) is 11.7. The van der Waals surface area contributed by atoms with Crippen LogP contribution in [0.2, 0.25) is 0 Å². The van der Waals surface area contributed by atoms with E-state index in [1.165, 1.54) is 51.0 Å². The van der Waals surface area contributed by atoms with Gasteiger partial charge >= 0.3 is 0 Å². The summed E-state index contributed by atoms with van der Waals surface area (Å²) in [7, 11) is 0. The minimum absolute atomic E-state index is 0.0214. The number of aromatic nitrogens is 1. The van der Waals surface area contributed by atoms with E-state index in [-0.39, 0.29) is 11.2 Å². The van der Waals surface area contributed by atoms with Gasteiger partial charge in [-0.3, -0.25) is 14.6 Å². The third kappa shape index (κ3) is 15.2. The number of nitrogens with one attached hydrogen (secondary N) is 1. The molecule has 1 aliphatic heterocycles. The van der Waals surface area contributed by atoms with E-state index in [2.05, 4.69) is 77.8 Å². The monoisotopic (exact) mass is 562 g/mol. The van der Waals surface area contributed by atoms with E-state index in [0.717, 1.165) is 28.4 Å². The topological polar surface area (TPSA) is 85.9 Å². The lowest BCUT2D eigenvalue weighted by atomic mass is 9.85. The van der Waals surface area contributed by atoms with Gasteiger partial charge in [-0.25, -0.2) is 0 Å². The molecule has 1 aromatic heterocycles. The maximum absolute atomic E-state index is 11.1. The van der Waals surface area contributed by atoms with Crippen LogP contribution in [0.5, 0.6) is 0 Å². The number of ketones is 1. The molecule has 0 bridgehead atoms. The molecule has 226 valence electrons. The first-order chi connectivity index (χ1) is 19.3. The van der Waals surface area contributed by atoms with Gasteiger partial charge in [0.05, 0.1) is 34.9 Å². The van der Waals surface area contributed by atoms with Crippen molar-refractivity contribution in [1.82, 2.24) is 4.98 Å². The zero-order chi connectivity index (χ0) is 31.6. The van der Waals surface area contributed by atoms with Crippen molar-refractivity contribution in [3.8, 4) is 6.07 Å². The Labute approximate surface area is 250 Å². The fourth-order valence-electron chi connectivity index (χ4n) is 3.69. The summed E-state index contributed by atoms with van der Waals surface area (Å²) in [5.41, 5.74) is 6.16. The van der Waals surface area contributed by atoms with Gasteiger partial charge in [0.15, 0.2) is 5.78 Å². The van der Waals surface area contributed by atoms with Crippen LogP contribution in [0.1, 0.15) is 123 Å². The zero-order valence-electron chi connectivity index (χ0n) is 27.5. The van der Waals surface area contributed by atoms with Gasteiger partial charge in [0.25, 0.3) is 0 Å². The third-order valence-corrected chi connectivity index (χ3v) is 6.42. The second-order valence-electron chi connectivity index (χ2n) is 11.7. The molecule has 3 rings (SSSR count). The largest absolute Gasteiger partial charge is 0.327 e. The first kappa shape index (κ1) is 37.5. The zero-order valence-corrected chi connectivity index (χ0v) is 27.5. The van der Waals surface area contributed by atoms with Crippen molar-refractivity contribution in [3.63, 3.8) is 0 Å². The second kappa shape index (κ2) is 19.6. The fourth-order valence-corrected chi connectivity index (χ4v) is 3.69. The fraction of sp³-hybridized carbons (Fsp3) is 0.543. The average Bonchev–Trinajstić information content (AvgIpc) is 3.72. The van der Waals surface area contributed by atoms with Crippen molar-refractivity contribution in [2.24, 2.45) is 5.92 Å². The number of Topliss-reactive ketones (excluding diaryl/α,β-unsaturated/α-hetero) is 1. The van der Waals surface area contributed by atoms with Crippen LogP contribution in [0.3, 0.4) is 0 Å². The number of hydrogen-bond donors (Lipinski definition) is 1. The molecular formula is C35H54N4O2. The Morgan fingerprint density at radius 1 is 1.10 bits per heavy atom. The van der Waals surface area contributed by atoms with Gasteiger partial charge in [0.1, 0.15) is 5.70 Å². The van der Waals surface area contributed by atoms with Gasteiger partial charge in [-0.2, -0.15) is 5.26 Å². The highest BCUT2D eigenvalue weighted by molar-refractivity contribution is 6.04. The van der Waals surface area contributed by atoms with E-state index in [1.807, 2.05) is 26.0 Å². The van der Waals surface area contributed by atoms with E-state index in [9.17, 15) is 9.59 Å². The van der Waals surface area contributed by atoms with Crippen LogP contribution < -0.4 is 10.2 Å². The number of rotatable bonds is 9. The number of amides is 1. The van der Waals surface area contributed by atoms with Crippen molar-refractivity contribution < 1.29 is 9.59 Å². The molecule has 0 aliphatic carbocycles. The van der Waals surface area contributed by atoms with Gasteiger partial charge in [0, 0.05) is 13.1 Å². The molecule has 6 nitrogen and oxygen atoms in total. The van der Waals surface area contributed by atoms with E-state index in [0.29, 0.717) is 17.8 Å². The summed E-state index contributed by atoms with van der Waals surface area (Å²) >= 11 is 0. The van der Waals surface area contributed by atoms with Gasteiger partial charge in [-0.05, 0) is 54.5 Å². The van der Waals surface area contributed by atoms with Crippen LogP contribution in [-0.2, 0) is 15.0 Å². The van der Waals surface area contributed by atoms with Crippen molar-refractivity contribution in [2.75, 3.05) is 10.2 Å². The molecule has 41 heavy (non-hydrogen) atoms. The van der Waals surface area contributed by atoms with Crippen molar-refractivity contribution in [3.05, 3.63) is 64.7 Å². The van der Waals surface area contributed by atoms with Crippen LogP contribution in [-0.4, -0.2) is 17.2 Å². The van der Waals surface area contributed by atoms with E-state index >= 15 is 0 Å². The smallest absolute Gasteiger partial charge is 0.211 e. The molecule has 1 N–H and O–H groups in total. The quantitative estimate of drug-likeness (QED) is 0.243. The van der Waals surface area contributed by atoms with Crippen LogP contribution in [0.25, 0.3) is 0 Å². The van der Waals surface area contributed by atoms with Gasteiger partial charge < -0.3 is 10.2 Å². The Morgan fingerprint density at radius 3 is 2.20 bits per heavy atom. The number of benzene rings is 1. The molecule has 6 heteroatoms. The van der Waals surface area contributed by atoms with E-state index in [4.69, 9.17) is 5.26 Å². The Bertz CT molecular complexity index is 1160. The molecule has 0 saturated carbocycles. The van der Waals surface area contributed by atoms with Crippen molar-refractivity contribution >= 4 is 23.6 Å². The number of pyridine rings is 1. The van der Waals surface area contributed by atoms with E-state index < -0.39 is 0 Å². The third-order valence-electron chi connectivity index (χ3n) is 6.42. The number of allylic oxidation sites excluding steroid dienone is 1. The Morgan fingerprint density at radius 2 is 1.73 bits per heavy atom. The van der Waals surface area contributed by atoms with Crippen molar-refractivity contribution in [1.29, 1.82) is 5.26 Å². The first-order valence-corrected chi connectivity index (χ1v) is 15.0. The summed E-state index contributed by atoms with van der Waals surface area (Å²) in [4.78, 5) is 27.3. The molecule has 0 fully saturated rings. The molecule has 0 saturated heterocycles. The number of unbranched alkanes of at least 4 members (excludes halogenated alkanes) is 2. The highest BCUT2D eigenvalue weighted by atomic mass is 16.1. The number of anilines is 2. The molecule has 2 aromatic rings. The highest BCUT2D eigenvalue weighted by Gasteiger charge is 2.28. The van der Waals surface area contributed by atoms with Crippen molar-refractivity contribution in [2.45, 2.75) is 120 Å². The van der Waals surface area contributed by atoms with Crippen LogP contribution in [0.4, 0.5) is 11.4 Å². The van der Waals surface area contributed by atoms with Crippen LogP contribution in [0, 0.1) is 31.1 Å². The maximum atomic E-state index is 11.1. The molecule has 1 amide bonds. The van der Waals surface area contributed by atoms with Crippen LogP contribution in [0.15, 0.2) is 42.4 Å². The maximum Gasteiger partial charge on any atom is 0.211 e. The number of hydrogen-bond acceptors (Lipinski definition) is 5. The first-order valence-electron chi connectivity index (χ1n) is 15.0.